The van der Waals surface area contributed by atoms with Crippen molar-refractivity contribution in [2.45, 2.75) is 19.4 Å². The summed E-state index contributed by atoms with van der Waals surface area (Å²) in [5.41, 5.74) is 0. The van der Waals surface area contributed by atoms with E-state index in [0.717, 1.165) is 18.6 Å². The van der Waals surface area contributed by atoms with E-state index in [1.54, 1.807) is 12.3 Å². The minimum absolute atomic E-state index is 0.0204. The summed E-state index contributed by atoms with van der Waals surface area (Å²) in [6.45, 7) is 1.32. The van der Waals surface area contributed by atoms with Crippen LogP contribution >= 0.6 is 0 Å². The number of nitrogens with one attached hydrogen (secondary N) is 1. The maximum absolute atomic E-state index is 12.4. The lowest BCUT2D eigenvalue weighted by molar-refractivity contribution is -0.128. The molecule has 3 rings (SSSR count). The number of hydrogen-bond acceptors (Lipinski definition) is 4. The van der Waals surface area contributed by atoms with Gasteiger partial charge in [0.05, 0.1) is 19.1 Å². The Labute approximate surface area is 124 Å². The second kappa shape index (κ2) is 5.46. The molecule has 1 saturated heterocycles. The van der Waals surface area contributed by atoms with Crippen LogP contribution in [-0.2, 0) is 21.4 Å². The molecule has 2 aliphatic rings. The van der Waals surface area contributed by atoms with Gasteiger partial charge in [-0.1, -0.05) is 0 Å². The van der Waals surface area contributed by atoms with Crippen molar-refractivity contribution in [2.75, 3.05) is 19.3 Å². The SMILES string of the molecule is CS(=O)(=O)N1CC2CCC(C1)C2C(=O)NCc1ccco1. The Hall–Kier alpha value is -1.34. The lowest BCUT2D eigenvalue weighted by Gasteiger charge is -2.35. The normalized spacial score (nSPS) is 29.5. The minimum atomic E-state index is -3.16. The smallest absolute Gasteiger partial charge is 0.224 e. The first-order valence-electron chi connectivity index (χ1n) is 7.20. The number of nitrogens with zero attached hydrogens (tertiary/aromatic N) is 1. The number of rotatable bonds is 4. The predicted molar refractivity (Wildman–Crippen MR) is 76.7 cm³/mol. The van der Waals surface area contributed by atoms with Crippen molar-refractivity contribution in [1.82, 2.24) is 9.62 Å². The molecule has 1 aromatic rings. The summed E-state index contributed by atoms with van der Waals surface area (Å²) in [6.07, 6.45) is 4.67. The zero-order chi connectivity index (χ0) is 15.0. The fraction of sp³-hybridized carbons (Fsp3) is 0.643. The number of carbonyl (C=O) groups is 1. The van der Waals surface area contributed by atoms with E-state index in [4.69, 9.17) is 4.42 Å². The highest BCUT2D eigenvalue weighted by molar-refractivity contribution is 7.88. The van der Waals surface area contributed by atoms with Crippen LogP contribution in [-0.4, -0.2) is 38.0 Å². The Kier molecular flexibility index (Phi) is 3.79. The topological polar surface area (TPSA) is 79.6 Å². The summed E-state index contributed by atoms with van der Waals surface area (Å²) >= 11 is 0. The number of hydrogen-bond donors (Lipinski definition) is 1. The van der Waals surface area contributed by atoms with E-state index in [1.165, 1.54) is 10.6 Å². The zero-order valence-electron chi connectivity index (χ0n) is 12.0. The van der Waals surface area contributed by atoms with Gasteiger partial charge < -0.3 is 9.73 Å². The second-order valence-corrected chi connectivity index (χ2v) is 7.98. The van der Waals surface area contributed by atoms with Gasteiger partial charge in [-0.25, -0.2) is 12.7 Å². The van der Waals surface area contributed by atoms with E-state index >= 15 is 0 Å². The van der Waals surface area contributed by atoms with E-state index in [0.29, 0.717) is 19.6 Å². The second-order valence-electron chi connectivity index (χ2n) is 6.00. The molecule has 2 atom stereocenters. The first-order valence-corrected chi connectivity index (χ1v) is 9.05. The van der Waals surface area contributed by atoms with Gasteiger partial charge in [0.25, 0.3) is 0 Å². The standard InChI is InChI=1S/C14H20N2O4S/c1-21(18,19)16-8-10-4-5-11(9-16)13(10)14(17)15-7-12-3-2-6-20-12/h2-3,6,10-11,13H,4-5,7-9H2,1H3,(H,15,17). The summed E-state index contributed by atoms with van der Waals surface area (Å²) in [5.74, 6) is 0.944. The van der Waals surface area contributed by atoms with Gasteiger partial charge in [0.2, 0.25) is 15.9 Å². The van der Waals surface area contributed by atoms with Crippen LogP contribution in [0.3, 0.4) is 0 Å². The molecule has 116 valence electrons. The average Bonchev–Trinajstić information content (AvgIpc) is 3.01. The fourth-order valence-corrected chi connectivity index (χ4v) is 4.51. The van der Waals surface area contributed by atoms with Crippen molar-refractivity contribution >= 4 is 15.9 Å². The Morgan fingerprint density at radius 3 is 2.57 bits per heavy atom. The molecule has 1 aliphatic heterocycles. The Morgan fingerprint density at radius 1 is 1.38 bits per heavy atom. The van der Waals surface area contributed by atoms with E-state index in [-0.39, 0.29) is 23.7 Å². The lowest BCUT2D eigenvalue weighted by atomic mass is 9.85. The van der Waals surface area contributed by atoms with Gasteiger partial charge in [-0.2, -0.15) is 0 Å². The van der Waals surface area contributed by atoms with E-state index in [9.17, 15) is 13.2 Å². The monoisotopic (exact) mass is 312 g/mol. The number of sulfonamides is 1. The Balaban J connectivity index is 1.63. The van der Waals surface area contributed by atoms with Crippen molar-refractivity contribution in [1.29, 1.82) is 0 Å². The third kappa shape index (κ3) is 2.98. The molecule has 0 spiro atoms. The highest BCUT2D eigenvalue weighted by Gasteiger charge is 2.47. The molecule has 0 aromatic carbocycles. The largest absolute Gasteiger partial charge is 0.467 e. The van der Waals surface area contributed by atoms with Gasteiger partial charge in [0, 0.05) is 19.0 Å². The number of carbonyl (C=O) groups excluding carboxylic acids is 1. The van der Waals surface area contributed by atoms with Crippen LogP contribution in [0.25, 0.3) is 0 Å². The molecule has 0 radical (unpaired) electrons. The van der Waals surface area contributed by atoms with Gasteiger partial charge in [-0.05, 0) is 36.8 Å². The summed E-state index contributed by atoms with van der Waals surface area (Å²) in [6, 6.07) is 3.61. The maximum atomic E-state index is 12.4. The summed E-state index contributed by atoms with van der Waals surface area (Å²) in [5, 5.41) is 2.91. The lowest BCUT2D eigenvalue weighted by Crippen LogP contribution is -2.49. The van der Waals surface area contributed by atoms with Gasteiger partial charge in [0.1, 0.15) is 5.76 Å². The van der Waals surface area contributed by atoms with Crippen molar-refractivity contribution in [3.05, 3.63) is 24.2 Å². The van der Waals surface area contributed by atoms with Crippen LogP contribution in [0.2, 0.25) is 0 Å². The summed E-state index contributed by atoms with van der Waals surface area (Å²) in [7, 11) is -3.16. The molecule has 6 nitrogen and oxygen atoms in total. The number of fused-ring (bicyclic) bond motifs is 2. The minimum Gasteiger partial charge on any atom is -0.467 e. The molecular formula is C14H20N2O4S. The Bertz CT molecular complexity index is 597. The quantitative estimate of drug-likeness (QED) is 0.892. The molecule has 2 fully saturated rings. The van der Waals surface area contributed by atoms with Crippen molar-refractivity contribution in [2.24, 2.45) is 17.8 Å². The number of piperidine rings is 1. The van der Waals surface area contributed by atoms with Crippen LogP contribution in [0.5, 0.6) is 0 Å². The molecule has 2 bridgehead atoms. The molecule has 7 heteroatoms. The highest BCUT2D eigenvalue weighted by atomic mass is 32.2. The predicted octanol–water partition coefficient (Wildman–Crippen LogP) is 0.813. The first-order chi connectivity index (χ1) is 9.95. The summed E-state index contributed by atoms with van der Waals surface area (Å²) < 4.78 is 30.1. The van der Waals surface area contributed by atoms with Crippen LogP contribution in [0.1, 0.15) is 18.6 Å². The van der Waals surface area contributed by atoms with Crippen LogP contribution in [0.15, 0.2) is 22.8 Å². The molecular weight excluding hydrogens is 292 g/mol. The fourth-order valence-electron chi connectivity index (χ4n) is 3.58. The van der Waals surface area contributed by atoms with Crippen molar-refractivity contribution in [3.8, 4) is 0 Å². The van der Waals surface area contributed by atoms with Crippen molar-refractivity contribution < 1.29 is 17.6 Å². The Morgan fingerprint density at radius 2 is 2.05 bits per heavy atom. The number of amides is 1. The maximum Gasteiger partial charge on any atom is 0.224 e. The first kappa shape index (κ1) is 14.6. The zero-order valence-corrected chi connectivity index (χ0v) is 12.8. The van der Waals surface area contributed by atoms with Gasteiger partial charge in [0.15, 0.2) is 0 Å². The third-order valence-electron chi connectivity index (χ3n) is 4.59. The molecule has 1 N–H and O–H groups in total. The van der Waals surface area contributed by atoms with Gasteiger partial charge >= 0.3 is 0 Å². The van der Waals surface area contributed by atoms with E-state index in [2.05, 4.69) is 5.32 Å². The molecule has 1 amide bonds. The molecule has 2 heterocycles. The highest BCUT2D eigenvalue weighted by Crippen LogP contribution is 2.42. The summed E-state index contributed by atoms with van der Waals surface area (Å²) in [4.78, 5) is 12.4. The number of furan rings is 1. The van der Waals surface area contributed by atoms with Crippen molar-refractivity contribution in [3.63, 3.8) is 0 Å². The van der Waals surface area contributed by atoms with Gasteiger partial charge in [-0.3, -0.25) is 4.79 Å². The van der Waals surface area contributed by atoms with E-state index in [1.807, 2.05) is 6.07 Å². The molecule has 1 aliphatic carbocycles. The average molecular weight is 312 g/mol. The molecule has 2 unspecified atom stereocenters. The molecule has 1 saturated carbocycles. The molecule has 21 heavy (non-hydrogen) atoms. The third-order valence-corrected chi connectivity index (χ3v) is 5.83. The van der Waals surface area contributed by atoms with Crippen LogP contribution in [0, 0.1) is 17.8 Å². The van der Waals surface area contributed by atoms with Gasteiger partial charge in [-0.15, -0.1) is 0 Å². The van der Waals surface area contributed by atoms with Crippen LogP contribution < -0.4 is 5.32 Å². The molecule has 1 aromatic heterocycles. The van der Waals surface area contributed by atoms with Crippen LogP contribution in [0.4, 0.5) is 0 Å². The van der Waals surface area contributed by atoms with E-state index < -0.39 is 10.0 Å².